The van der Waals surface area contributed by atoms with Gasteiger partial charge in [0.05, 0.1) is 0 Å². The number of urea groups is 1. The van der Waals surface area contributed by atoms with Crippen molar-refractivity contribution in [2.24, 2.45) is 4.99 Å². The number of hydrogen-bond acceptors (Lipinski definition) is 2. The number of carbonyl (C=O) groups is 1. The summed E-state index contributed by atoms with van der Waals surface area (Å²) in [6.45, 7) is 9.55. The third-order valence-corrected chi connectivity index (χ3v) is 2.99. The zero-order valence-electron chi connectivity index (χ0n) is 13.8. The quantitative estimate of drug-likeness (QED) is 0.571. The summed E-state index contributed by atoms with van der Waals surface area (Å²) < 4.78 is 0. The minimum atomic E-state index is -0.272. The molecule has 0 radical (unpaired) electrons. The first-order chi connectivity index (χ1) is 10.1. The number of para-hydroxylation sites is 1. The van der Waals surface area contributed by atoms with Crippen molar-refractivity contribution in [3.05, 3.63) is 29.3 Å². The maximum absolute atomic E-state index is 12.1. The van der Waals surface area contributed by atoms with Crippen molar-refractivity contribution < 1.29 is 4.79 Å². The number of carbonyl (C=O) groups excluding carboxylic acids is 1. The Morgan fingerprint density at radius 3 is 2.32 bits per heavy atom. The van der Waals surface area contributed by atoms with Crippen molar-refractivity contribution in [2.45, 2.75) is 40.5 Å². The molecule has 0 unspecified atom stereocenters. The Morgan fingerprint density at radius 1 is 1.14 bits per heavy atom. The van der Waals surface area contributed by atoms with Crippen LogP contribution in [-0.4, -0.2) is 25.1 Å². The molecule has 0 aliphatic heterocycles. The molecule has 3 N–H and O–H groups in total. The monoisotopic (exact) mass is 326 g/mol. The van der Waals surface area contributed by atoms with E-state index in [1.807, 2.05) is 32.0 Å². The van der Waals surface area contributed by atoms with Gasteiger partial charge in [-0.05, 0) is 37.8 Å². The molecule has 0 saturated carbocycles. The fraction of sp³-hybridized carbons (Fsp3) is 0.500. The molecule has 22 heavy (non-hydrogen) atoms. The Kier molecular flexibility index (Phi) is 10.0. The fourth-order valence-electron chi connectivity index (χ4n) is 1.87. The van der Waals surface area contributed by atoms with Gasteiger partial charge in [-0.2, -0.15) is 0 Å². The second kappa shape index (κ2) is 10.9. The zero-order valence-corrected chi connectivity index (χ0v) is 14.6. The highest BCUT2D eigenvalue weighted by Crippen LogP contribution is 2.18. The SMILES string of the molecule is CCCN=C(NCCC)NC(=O)Nc1c(C)cccc1C.Cl. The average molecular weight is 327 g/mol. The molecular weight excluding hydrogens is 300 g/mol. The Bertz CT molecular complexity index is 483. The number of aryl methyl sites for hydroxylation is 2. The minimum Gasteiger partial charge on any atom is -0.356 e. The largest absolute Gasteiger partial charge is 0.356 e. The summed E-state index contributed by atoms with van der Waals surface area (Å²) in [4.78, 5) is 16.5. The number of aliphatic imine (C=N–C) groups is 1. The number of amides is 2. The van der Waals surface area contributed by atoms with Crippen molar-refractivity contribution in [1.82, 2.24) is 10.6 Å². The van der Waals surface area contributed by atoms with Crippen LogP contribution in [0.1, 0.15) is 37.8 Å². The van der Waals surface area contributed by atoms with Gasteiger partial charge in [-0.1, -0.05) is 32.0 Å². The Balaban J connectivity index is 0.00000441. The van der Waals surface area contributed by atoms with Gasteiger partial charge in [0.2, 0.25) is 0 Å². The molecular formula is C16H27ClN4O. The van der Waals surface area contributed by atoms with Crippen LogP contribution in [0.4, 0.5) is 10.5 Å². The van der Waals surface area contributed by atoms with E-state index in [0.717, 1.165) is 36.2 Å². The van der Waals surface area contributed by atoms with Gasteiger partial charge < -0.3 is 10.6 Å². The molecule has 1 aromatic carbocycles. The van der Waals surface area contributed by atoms with Gasteiger partial charge in [-0.15, -0.1) is 12.4 Å². The number of guanidine groups is 1. The molecule has 0 aliphatic carbocycles. The molecule has 2 amide bonds. The predicted octanol–water partition coefficient (Wildman–Crippen LogP) is 3.61. The average Bonchev–Trinajstić information content (AvgIpc) is 2.46. The van der Waals surface area contributed by atoms with Crippen molar-refractivity contribution in [3.8, 4) is 0 Å². The van der Waals surface area contributed by atoms with Crippen LogP contribution in [0.3, 0.4) is 0 Å². The van der Waals surface area contributed by atoms with Crippen LogP contribution < -0.4 is 16.0 Å². The molecule has 0 spiro atoms. The van der Waals surface area contributed by atoms with Crippen molar-refractivity contribution in [3.63, 3.8) is 0 Å². The highest BCUT2D eigenvalue weighted by molar-refractivity contribution is 6.03. The molecule has 0 bridgehead atoms. The molecule has 0 saturated heterocycles. The summed E-state index contributed by atoms with van der Waals surface area (Å²) >= 11 is 0. The fourth-order valence-corrected chi connectivity index (χ4v) is 1.87. The molecule has 124 valence electrons. The van der Waals surface area contributed by atoms with Gasteiger partial charge in [0.1, 0.15) is 0 Å². The summed E-state index contributed by atoms with van der Waals surface area (Å²) in [7, 11) is 0. The lowest BCUT2D eigenvalue weighted by Gasteiger charge is -2.14. The van der Waals surface area contributed by atoms with Crippen LogP contribution in [0.2, 0.25) is 0 Å². The normalized spacial score (nSPS) is 10.6. The molecule has 0 heterocycles. The van der Waals surface area contributed by atoms with Crippen LogP contribution in [-0.2, 0) is 0 Å². The number of rotatable bonds is 5. The van der Waals surface area contributed by atoms with E-state index < -0.39 is 0 Å². The Morgan fingerprint density at radius 2 is 1.77 bits per heavy atom. The standard InChI is InChI=1S/C16H26N4O.ClH/c1-5-10-17-15(18-11-6-2)20-16(21)19-14-12(3)8-7-9-13(14)4;/h7-9H,5-6,10-11H2,1-4H3,(H3,17,18,19,20,21);1H. The maximum Gasteiger partial charge on any atom is 0.326 e. The van der Waals surface area contributed by atoms with Crippen molar-refractivity contribution >= 4 is 30.1 Å². The molecule has 6 heteroatoms. The number of hydrogen-bond donors (Lipinski definition) is 3. The molecule has 1 aromatic rings. The van der Waals surface area contributed by atoms with Crippen LogP contribution in [0.5, 0.6) is 0 Å². The van der Waals surface area contributed by atoms with Crippen LogP contribution in [0.25, 0.3) is 0 Å². The van der Waals surface area contributed by atoms with E-state index in [0.29, 0.717) is 12.5 Å². The van der Waals surface area contributed by atoms with Crippen molar-refractivity contribution in [2.75, 3.05) is 18.4 Å². The summed E-state index contributed by atoms with van der Waals surface area (Å²) in [6.07, 6.45) is 1.92. The molecule has 0 aliphatic rings. The lowest BCUT2D eigenvalue weighted by molar-refractivity contribution is 0.256. The molecule has 0 aromatic heterocycles. The summed E-state index contributed by atoms with van der Waals surface area (Å²) in [5.74, 6) is 0.530. The Hall–Kier alpha value is -1.75. The predicted molar refractivity (Wildman–Crippen MR) is 96.2 cm³/mol. The lowest BCUT2D eigenvalue weighted by Crippen LogP contribution is -2.43. The number of nitrogens with zero attached hydrogens (tertiary/aromatic N) is 1. The van der Waals surface area contributed by atoms with Gasteiger partial charge >= 0.3 is 6.03 Å². The summed E-state index contributed by atoms with van der Waals surface area (Å²) in [6, 6.07) is 5.66. The Labute approximate surface area is 139 Å². The van der Waals surface area contributed by atoms with E-state index in [-0.39, 0.29) is 18.4 Å². The summed E-state index contributed by atoms with van der Waals surface area (Å²) in [5.41, 5.74) is 2.93. The van der Waals surface area contributed by atoms with Gasteiger partial charge in [-0.3, -0.25) is 10.3 Å². The van der Waals surface area contributed by atoms with E-state index >= 15 is 0 Å². The lowest BCUT2D eigenvalue weighted by atomic mass is 10.1. The maximum atomic E-state index is 12.1. The molecule has 0 fully saturated rings. The van der Waals surface area contributed by atoms with Crippen molar-refractivity contribution in [1.29, 1.82) is 0 Å². The van der Waals surface area contributed by atoms with Crippen LogP contribution >= 0.6 is 12.4 Å². The third-order valence-electron chi connectivity index (χ3n) is 2.99. The van der Waals surface area contributed by atoms with Gasteiger partial charge in [0.15, 0.2) is 5.96 Å². The third kappa shape index (κ3) is 6.80. The molecule has 1 rings (SSSR count). The van der Waals surface area contributed by atoms with Crippen LogP contribution in [0, 0.1) is 13.8 Å². The van der Waals surface area contributed by atoms with Crippen LogP contribution in [0.15, 0.2) is 23.2 Å². The van der Waals surface area contributed by atoms with Gasteiger partial charge in [0, 0.05) is 18.8 Å². The van der Waals surface area contributed by atoms with Gasteiger partial charge in [0.25, 0.3) is 0 Å². The number of nitrogens with one attached hydrogen (secondary N) is 3. The minimum absolute atomic E-state index is 0. The molecule has 0 atom stereocenters. The summed E-state index contributed by atoms with van der Waals surface area (Å²) in [5, 5.41) is 8.80. The van der Waals surface area contributed by atoms with Gasteiger partial charge in [-0.25, -0.2) is 4.79 Å². The second-order valence-electron chi connectivity index (χ2n) is 5.00. The zero-order chi connectivity index (χ0) is 15.7. The van der Waals surface area contributed by atoms with E-state index in [2.05, 4.69) is 34.8 Å². The highest BCUT2D eigenvalue weighted by Gasteiger charge is 2.09. The first-order valence-corrected chi connectivity index (χ1v) is 7.51. The van der Waals surface area contributed by atoms with E-state index in [4.69, 9.17) is 0 Å². The second-order valence-corrected chi connectivity index (χ2v) is 5.00. The first-order valence-electron chi connectivity index (χ1n) is 7.51. The topological polar surface area (TPSA) is 65.5 Å². The number of halogens is 1. The van der Waals surface area contributed by atoms with E-state index in [1.54, 1.807) is 0 Å². The molecule has 5 nitrogen and oxygen atoms in total. The first kappa shape index (κ1) is 20.2. The smallest absolute Gasteiger partial charge is 0.326 e. The number of benzene rings is 1. The van der Waals surface area contributed by atoms with E-state index in [9.17, 15) is 4.79 Å². The van der Waals surface area contributed by atoms with E-state index in [1.165, 1.54) is 0 Å². The highest BCUT2D eigenvalue weighted by atomic mass is 35.5. The number of anilines is 1.